The van der Waals surface area contributed by atoms with Crippen LogP contribution in [-0.4, -0.2) is 5.17 Å². The Morgan fingerprint density at radius 3 is 2.71 bits per heavy atom. The van der Waals surface area contributed by atoms with Crippen molar-refractivity contribution in [3.8, 4) is 0 Å². The summed E-state index contributed by atoms with van der Waals surface area (Å²) in [6.07, 6.45) is 4.82. The zero-order valence-electron chi connectivity index (χ0n) is 9.73. The molecular weight excluding hydrogens is 228 g/mol. The molecule has 0 saturated heterocycles. The maximum absolute atomic E-state index is 5.95. The molecule has 0 spiro atoms. The van der Waals surface area contributed by atoms with E-state index in [9.17, 15) is 0 Å². The lowest BCUT2D eigenvalue weighted by Gasteiger charge is -2.29. The molecule has 17 heavy (non-hydrogen) atoms. The fourth-order valence-corrected chi connectivity index (χ4v) is 3.66. The van der Waals surface area contributed by atoms with E-state index in [1.165, 1.54) is 36.1 Å². The molecule has 0 unspecified atom stereocenters. The van der Waals surface area contributed by atoms with Crippen LogP contribution in [0.4, 0.5) is 0 Å². The Balaban J connectivity index is 2.01. The molecule has 1 aromatic rings. The minimum absolute atomic E-state index is 0.393. The number of aliphatic imine (C=N–C) groups is 1. The highest BCUT2D eigenvalue weighted by Crippen LogP contribution is 2.45. The molecule has 1 heterocycles. The normalized spacial score (nSPS) is 24.2. The highest BCUT2D eigenvalue weighted by molar-refractivity contribution is 8.14. The molecule has 3 heteroatoms. The minimum Gasteiger partial charge on any atom is -0.378 e. The van der Waals surface area contributed by atoms with E-state index in [1.807, 2.05) is 0 Å². The van der Waals surface area contributed by atoms with Gasteiger partial charge in [0.2, 0.25) is 0 Å². The summed E-state index contributed by atoms with van der Waals surface area (Å²) in [6.45, 7) is 0. The Kier molecular flexibility index (Phi) is 2.93. The van der Waals surface area contributed by atoms with Crippen LogP contribution in [0.15, 0.2) is 46.6 Å². The zero-order chi connectivity index (χ0) is 11.7. The molecule has 0 aromatic heterocycles. The van der Waals surface area contributed by atoms with Crippen molar-refractivity contribution in [2.45, 2.75) is 30.9 Å². The van der Waals surface area contributed by atoms with Gasteiger partial charge in [-0.3, -0.25) is 0 Å². The molecule has 0 bridgehead atoms. The molecule has 88 valence electrons. The van der Waals surface area contributed by atoms with E-state index in [-0.39, 0.29) is 0 Å². The van der Waals surface area contributed by atoms with Crippen molar-refractivity contribution in [1.29, 1.82) is 0 Å². The highest BCUT2D eigenvalue weighted by Gasteiger charge is 2.27. The predicted octanol–water partition coefficient (Wildman–Crippen LogP) is 3.62. The van der Waals surface area contributed by atoms with E-state index in [0.29, 0.717) is 5.25 Å². The summed E-state index contributed by atoms with van der Waals surface area (Å²) < 4.78 is 0. The largest absolute Gasteiger partial charge is 0.378 e. The lowest BCUT2D eigenvalue weighted by atomic mass is 9.91. The first-order chi connectivity index (χ1) is 8.34. The third kappa shape index (κ3) is 2.12. The number of rotatable bonds is 1. The summed E-state index contributed by atoms with van der Waals surface area (Å²) in [5.41, 5.74) is 10.1. The maximum Gasteiger partial charge on any atom is 0.159 e. The van der Waals surface area contributed by atoms with Gasteiger partial charge in [0.1, 0.15) is 0 Å². The molecule has 0 radical (unpaired) electrons. The highest BCUT2D eigenvalue weighted by atomic mass is 32.2. The fraction of sp³-hybridized carbons (Fsp3) is 0.357. The predicted molar refractivity (Wildman–Crippen MR) is 73.9 cm³/mol. The smallest absolute Gasteiger partial charge is 0.159 e. The van der Waals surface area contributed by atoms with Gasteiger partial charge in [0.05, 0.1) is 5.25 Å². The molecule has 1 aromatic carbocycles. The molecule has 1 aliphatic carbocycles. The number of nitrogens with two attached hydrogens (primary N) is 1. The topological polar surface area (TPSA) is 38.4 Å². The first kappa shape index (κ1) is 10.9. The fourth-order valence-electron chi connectivity index (χ4n) is 2.57. The molecule has 0 amide bonds. The van der Waals surface area contributed by atoms with Crippen molar-refractivity contribution in [1.82, 2.24) is 0 Å². The first-order valence-electron chi connectivity index (χ1n) is 6.12. The van der Waals surface area contributed by atoms with Gasteiger partial charge in [0.25, 0.3) is 0 Å². The second-order valence-corrected chi connectivity index (χ2v) is 5.66. The van der Waals surface area contributed by atoms with Crippen LogP contribution in [-0.2, 0) is 0 Å². The first-order valence-corrected chi connectivity index (χ1v) is 7.00. The van der Waals surface area contributed by atoms with E-state index in [4.69, 9.17) is 5.73 Å². The summed E-state index contributed by atoms with van der Waals surface area (Å²) in [4.78, 5) is 4.52. The Bertz CT molecular complexity index is 476. The van der Waals surface area contributed by atoms with Gasteiger partial charge in [-0.2, -0.15) is 0 Å². The van der Waals surface area contributed by atoms with Crippen LogP contribution in [0.1, 0.15) is 36.5 Å². The van der Waals surface area contributed by atoms with Gasteiger partial charge < -0.3 is 5.73 Å². The number of nitrogens with zero attached hydrogens (tertiary/aromatic N) is 1. The molecule has 1 atom stereocenters. The third-order valence-electron chi connectivity index (χ3n) is 3.38. The molecule has 0 saturated carbocycles. The second kappa shape index (κ2) is 4.57. The maximum atomic E-state index is 5.95. The average Bonchev–Trinajstić information content (AvgIpc) is 2.39. The minimum atomic E-state index is 0.393. The number of hydrogen-bond donors (Lipinski definition) is 1. The lowest BCUT2D eigenvalue weighted by molar-refractivity contribution is 0.650. The van der Waals surface area contributed by atoms with Gasteiger partial charge in [0, 0.05) is 5.70 Å². The molecule has 1 aliphatic heterocycles. The van der Waals surface area contributed by atoms with Crippen molar-refractivity contribution in [2.75, 3.05) is 0 Å². The molecule has 0 fully saturated rings. The van der Waals surface area contributed by atoms with Gasteiger partial charge >= 0.3 is 0 Å². The van der Waals surface area contributed by atoms with E-state index in [1.54, 1.807) is 11.8 Å². The molecule has 2 aliphatic rings. The SMILES string of the molecule is NC1=NC2=C(CCCC2)[C@H](c2ccccc2)S1. The zero-order valence-corrected chi connectivity index (χ0v) is 10.5. The van der Waals surface area contributed by atoms with Gasteiger partial charge in [-0.1, -0.05) is 42.1 Å². The molecular formula is C14H16N2S. The summed E-state index contributed by atoms with van der Waals surface area (Å²) >= 11 is 1.70. The molecule has 2 nitrogen and oxygen atoms in total. The van der Waals surface area contributed by atoms with E-state index < -0.39 is 0 Å². The van der Waals surface area contributed by atoms with Gasteiger partial charge in [-0.25, -0.2) is 4.99 Å². The number of allylic oxidation sites excluding steroid dienone is 1. The van der Waals surface area contributed by atoms with Gasteiger partial charge in [-0.05, 0) is 36.8 Å². The van der Waals surface area contributed by atoms with Crippen molar-refractivity contribution in [3.05, 3.63) is 47.2 Å². The van der Waals surface area contributed by atoms with Crippen molar-refractivity contribution < 1.29 is 0 Å². The summed E-state index contributed by atoms with van der Waals surface area (Å²) in [6, 6.07) is 10.6. The van der Waals surface area contributed by atoms with E-state index in [2.05, 4.69) is 35.3 Å². The van der Waals surface area contributed by atoms with E-state index in [0.717, 1.165) is 11.6 Å². The Labute approximate surface area is 106 Å². The van der Waals surface area contributed by atoms with Crippen LogP contribution in [0, 0.1) is 0 Å². The number of amidine groups is 1. The Morgan fingerprint density at radius 2 is 1.88 bits per heavy atom. The number of hydrogen-bond acceptors (Lipinski definition) is 3. The quantitative estimate of drug-likeness (QED) is 0.819. The standard InChI is InChI=1S/C14H16N2S/c15-14-16-12-9-5-4-8-11(12)13(17-14)10-6-2-1-3-7-10/h1-3,6-7,13H,4-5,8-9H2,(H2,15,16)/t13-/m0/s1. The van der Waals surface area contributed by atoms with Gasteiger partial charge in [0.15, 0.2) is 5.17 Å². The van der Waals surface area contributed by atoms with Crippen molar-refractivity contribution in [2.24, 2.45) is 10.7 Å². The second-order valence-electron chi connectivity index (χ2n) is 4.54. The number of thioether (sulfide) groups is 1. The lowest BCUT2D eigenvalue weighted by Crippen LogP contribution is -2.18. The molecule has 2 N–H and O–H groups in total. The van der Waals surface area contributed by atoms with E-state index >= 15 is 0 Å². The van der Waals surface area contributed by atoms with Crippen LogP contribution in [0.5, 0.6) is 0 Å². The van der Waals surface area contributed by atoms with Gasteiger partial charge in [-0.15, -0.1) is 0 Å². The third-order valence-corrected chi connectivity index (χ3v) is 4.51. The van der Waals surface area contributed by atoms with Crippen LogP contribution < -0.4 is 5.73 Å². The van der Waals surface area contributed by atoms with Crippen LogP contribution in [0.2, 0.25) is 0 Å². The van der Waals surface area contributed by atoms with Crippen LogP contribution in [0.25, 0.3) is 0 Å². The monoisotopic (exact) mass is 244 g/mol. The number of benzene rings is 1. The van der Waals surface area contributed by atoms with Crippen molar-refractivity contribution >= 4 is 16.9 Å². The van der Waals surface area contributed by atoms with Crippen LogP contribution >= 0.6 is 11.8 Å². The van der Waals surface area contributed by atoms with Crippen molar-refractivity contribution in [3.63, 3.8) is 0 Å². The summed E-state index contributed by atoms with van der Waals surface area (Å²) in [5, 5.41) is 1.11. The molecule has 3 rings (SSSR count). The average molecular weight is 244 g/mol. The van der Waals surface area contributed by atoms with Crippen LogP contribution in [0.3, 0.4) is 0 Å². The Hall–Kier alpha value is -1.22. The summed E-state index contributed by atoms with van der Waals surface area (Å²) in [7, 11) is 0. The Morgan fingerprint density at radius 1 is 1.12 bits per heavy atom. The summed E-state index contributed by atoms with van der Waals surface area (Å²) in [5.74, 6) is 0.